The fourth-order valence-electron chi connectivity index (χ4n) is 1.70. The third-order valence-corrected chi connectivity index (χ3v) is 2.63. The lowest BCUT2D eigenvalue weighted by Crippen LogP contribution is -2.36. The number of rotatable bonds is 6. The summed E-state index contributed by atoms with van der Waals surface area (Å²) < 4.78 is 10.7. The fourth-order valence-corrected chi connectivity index (χ4v) is 1.70. The summed E-state index contributed by atoms with van der Waals surface area (Å²) in [4.78, 5) is 11.7. The second-order valence-corrected chi connectivity index (χ2v) is 5.80. The Bertz CT molecular complexity index is 437. The predicted molar refractivity (Wildman–Crippen MR) is 81.4 cm³/mol. The lowest BCUT2D eigenvalue weighted by atomic mass is 10.1. The maximum absolute atomic E-state index is 11.7. The van der Waals surface area contributed by atoms with Gasteiger partial charge < -0.3 is 19.9 Å². The van der Waals surface area contributed by atoms with Gasteiger partial charge in [0.05, 0.1) is 19.3 Å². The van der Waals surface area contributed by atoms with Gasteiger partial charge in [0.2, 0.25) is 0 Å². The van der Waals surface area contributed by atoms with Gasteiger partial charge in [-0.1, -0.05) is 19.1 Å². The lowest BCUT2D eigenvalue weighted by molar-refractivity contribution is 0.0482. The zero-order valence-electron chi connectivity index (χ0n) is 13.2. The van der Waals surface area contributed by atoms with Crippen molar-refractivity contribution in [3.63, 3.8) is 0 Å². The van der Waals surface area contributed by atoms with E-state index in [1.807, 2.05) is 31.2 Å². The van der Waals surface area contributed by atoms with Crippen LogP contribution in [0.2, 0.25) is 0 Å². The molecule has 0 aliphatic rings. The molecule has 0 saturated carbocycles. The van der Waals surface area contributed by atoms with Crippen molar-refractivity contribution < 1.29 is 19.4 Å². The normalized spacial score (nSPS) is 12.6. The van der Waals surface area contributed by atoms with E-state index in [1.165, 1.54) is 0 Å². The fraction of sp³-hybridized carbons (Fsp3) is 0.562. The van der Waals surface area contributed by atoms with E-state index in [1.54, 1.807) is 20.8 Å². The van der Waals surface area contributed by atoms with Gasteiger partial charge >= 0.3 is 6.09 Å². The number of aliphatic hydroxyl groups excluding tert-OH is 1. The van der Waals surface area contributed by atoms with Gasteiger partial charge in [-0.2, -0.15) is 0 Å². The second kappa shape index (κ2) is 7.88. The number of benzene rings is 1. The van der Waals surface area contributed by atoms with Crippen LogP contribution in [0.1, 0.15) is 45.7 Å². The Labute approximate surface area is 126 Å². The van der Waals surface area contributed by atoms with Gasteiger partial charge in [-0.3, -0.25) is 0 Å². The van der Waals surface area contributed by atoms with E-state index in [4.69, 9.17) is 9.47 Å². The molecular formula is C16H25NO4. The molecule has 0 radical (unpaired) electrons. The van der Waals surface area contributed by atoms with Crippen LogP contribution in [-0.4, -0.2) is 30.0 Å². The Hall–Kier alpha value is -1.75. The van der Waals surface area contributed by atoms with Crippen molar-refractivity contribution >= 4 is 6.09 Å². The lowest BCUT2D eigenvalue weighted by Gasteiger charge is -2.23. The first-order valence-electron chi connectivity index (χ1n) is 7.19. The largest absolute Gasteiger partial charge is 0.494 e. The Morgan fingerprint density at radius 2 is 1.90 bits per heavy atom. The van der Waals surface area contributed by atoms with Crippen LogP contribution >= 0.6 is 0 Å². The summed E-state index contributed by atoms with van der Waals surface area (Å²) in [5.41, 5.74) is 0.231. The van der Waals surface area contributed by atoms with Crippen molar-refractivity contribution in [1.82, 2.24) is 5.32 Å². The molecule has 0 aromatic heterocycles. The van der Waals surface area contributed by atoms with Crippen LogP contribution in [-0.2, 0) is 4.74 Å². The number of amides is 1. The molecule has 21 heavy (non-hydrogen) atoms. The van der Waals surface area contributed by atoms with Crippen LogP contribution < -0.4 is 10.1 Å². The quantitative estimate of drug-likeness (QED) is 0.846. The zero-order valence-corrected chi connectivity index (χ0v) is 13.2. The van der Waals surface area contributed by atoms with E-state index in [0.29, 0.717) is 6.61 Å². The number of hydrogen-bond donors (Lipinski definition) is 2. The topological polar surface area (TPSA) is 67.8 Å². The van der Waals surface area contributed by atoms with Crippen molar-refractivity contribution in [3.05, 3.63) is 29.8 Å². The molecule has 0 fully saturated rings. The molecule has 0 aliphatic carbocycles. The number of alkyl carbamates (subject to hydrolysis) is 1. The third-order valence-electron chi connectivity index (χ3n) is 2.63. The van der Waals surface area contributed by atoms with Gasteiger partial charge in [0.15, 0.2) is 0 Å². The van der Waals surface area contributed by atoms with Crippen molar-refractivity contribution in [2.45, 2.75) is 45.8 Å². The first kappa shape index (κ1) is 17.3. The summed E-state index contributed by atoms with van der Waals surface area (Å²) in [5.74, 6) is 0.773. The first-order chi connectivity index (χ1) is 9.85. The van der Waals surface area contributed by atoms with E-state index >= 15 is 0 Å². The molecule has 0 spiro atoms. The SMILES string of the molecule is CCCOc1ccc([C@@H](CO)NC(=O)OC(C)(C)C)cc1. The van der Waals surface area contributed by atoms with Gasteiger partial charge in [0.25, 0.3) is 0 Å². The van der Waals surface area contributed by atoms with Crippen molar-refractivity contribution in [2.24, 2.45) is 0 Å². The molecule has 0 aliphatic heterocycles. The molecule has 0 heterocycles. The number of nitrogens with one attached hydrogen (secondary N) is 1. The highest BCUT2D eigenvalue weighted by atomic mass is 16.6. The average Bonchev–Trinajstić information content (AvgIpc) is 2.41. The van der Waals surface area contributed by atoms with Crippen LogP contribution in [0.15, 0.2) is 24.3 Å². The summed E-state index contributed by atoms with van der Waals surface area (Å²) in [5, 5.41) is 12.1. The Morgan fingerprint density at radius 3 is 2.38 bits per heavy atom. The third kappa shape index (κ3) is 6.49. The van der Waals surface area contributed by atoms with Crippen molar-refractivity contribution in [3.8, 4) is 5.75 Å². The number of ether oxygens (including phenoxy) is 2. The highest BCUT2D eigenvalue weighted by molar-refractivity contribution is 5.68. The van der Waals surface area contributed by atoms with Gasteiger partial charge in [-0.05, 0) is 44.9 Å². The van der Waals surface area contributed by atoms with Gasteiger partial charge in [-0.15, -0.1) is 0 Å². The molecule has 1 aromatic carbocycles. The van der Waals surface area contributed by atoms with E-state index < -0.39 is 17.7 Å². The minimum atomic E-state index is -0.568. The maximum Gasteiger partial charge on any atom is 0.408 e. The average molecular weight is 295 g/mol. The Balaban J connectivity index is 2.65. The highest BCUT2D eigenvalue weighted by Crippen LogP contribution is 2.18. The molecule has 1 amide bonds. The summed E-state index contributed by atoms with van der Waals surface area (Å²) in [6.45, 7) is 7.88. The van der Waals surface area contributed by atoms with Crippen LogP contribution in [0.25, 0.3) is 0 Å². The van der Waals surface area contributed by atoms with Gasteiger partial charge in [0, 0.05) is 0 Å². The second-order valence-electron chi connectivity index (χ2n) is 5.80. The molecule has 2 N–H and O–H groups in total. The molecule has 0 bridgehead atoms. The van der Waals surface area contributed by atoms with Gasteiger partial charge in [0.1, 0.15) is 11.4 Å². The van der Waals surface area contributed by atoms with E-state index in [2.05, 4.69) is 5.32 Å². The summed E-state index contributed by atoms with van der Waals surface area (Å²) in [6, 6.07) is 6.79. The summed E-state index contributed by atoms with van der Waals surface area (Å²) in [6.07, 6.45) is 0.397. The zero-order chi connectivity index (χ0) is 15.9. The molecule has 118 valence electrons. The number of hydrogen-bond acceptors (Lipinski definition) is 4. The molecule has 5 nitrogen and oxygen atoms in total. The molecule has 1 aromatic rings. The minimum absolute atomic E-state index is 0.200. The monoisotopic (exact) mass is 295 g/mol. The van der Waals surface area contributed by atoms with Gasteiger partial charge in [-0.25, -0.2) is 4.79 Å². The Kier molecular flexibility index (Phi) is 6.49. The maximum atomic E-state index is 11.7. The molecule has 1 atom stereocenters. The van der Waals surface area contributed by atoms with Crippen LogP contribution in [0.4, 0.5) is 4.79 Å². The van der Waals surface area contributed by atoms with Crippen molar-refractivity contribution in [2.75, 3.05) is 13.2 Å². The molecule has 1 rings (SSSR count). The number of carbonyl (C=O) groups excluding carboxylic acids is 1. The summed E-state index contributed by atoms with van der Waals surface area (Å²) >= 11 is 0. The highest BCUT2D eigenvalue weighted by Gasteiger charge is 2.20. The number of carbonyl (C=O) groups is 1. The smallest absolute Gasteiger partial charge is 0.408 e. The summed E-state index contributed by atoms with van der Waals surface area (Å²) in [7, 11) is 0. The number of aliphatic hydroxyl groups is 1. The molecule has 0 saturated heterocycles. The van der Waals surface area contributed by atoms with E-state index in [0.717, 1.165) is 17.7 Å². The van der Waals surface area contributed by atoms with Crippen LogP contribution in [0.3, 0.4) is 0 Å². The van der Waals surface area contributed by atoms with E-state index in [9.17, 15) is 9.90 Å². The van der Waals surface area contributed by atoms with Crippen LogP contribution in [0, 0.1) is 0 Å². The first-order valence-corrected chi connectivity index (χ1v) is 7.19. The standard InChI is InChI=1S/C16H25NO4/c1-5-10-20-13-8-6-12(7-9-13)14(11-18)17-15(19)21-16(2,3)4/h6-9,14,18H,5,10-11H2,1-4H3,(H,17,19)/t14-/m1/s1. The molecule has 0 unspecified atom stereocenters. The minimum Gasteiger partial charge on any atom is -0.494 e. The molecule has 5 heteroatoms. The van der Waals surface area contributed by atoms with E-state index in [-0.39, 0.29) is 6.61 Å². The Morgan fingerprint density at radius 1 is 1.29 bits per heavy atom. The molecular weight excluding hydrogens is 270 g/mol. The van der Waals surface area contributed by atoms with Crippen molar-refractivity contribution in [1.29, 1.82) is 0 Å². The van der Waals surface area contributed by atoms with Crippen LogP contribution in [0.5, 0.6) is 5.75 Å². The predicted octanol–water partition coefficient (Wildman–Crippen LogP) is 3.03.